The van der Waals surface area contributed by atoms with Crippen molar-refractivity contribution in [3.05, 3.63) is 24.4 Å². The van der Waals surface area contributed by atoms with Gasteiger partial charge in [0.05, 0.1) is 0 Å². The first-order chi connectivity index (χ1) is 9.31. The quantitative estimate of drug-likeness (QED) is 0.895. The lowest BCUT2D eigenvalue weighted by Crippen LogP contribution is -2.44. The summed E-state index contributed by atoms with van der Waals surface area (Å²) in [5, 5.41) is 3.78. The smallest absolute Gasteiger partial charge is 0.128 e. The second-order valence-corrected chi connectivity index (χ2v) is 6.99. The van der Waals surface area contributed by atoms with Crippen LogP contribution in [0, 0.1) is 0 Å². The minimum Gasteiger partial charge on any atom is -0.357 e. The van der Waals surface area contributed by atoms with E-state index >= 15 is 0 Å². The third-order valence-electron chi connectivity index (χ3n) is 4.42. The summed E-state index contributed by atoms with van der Waals surface area (Å²) in [6.45, 7) is 3.45. The Labute approximate surface area is 120 Å². The fourth-order valence-electron chi connectivity index (χ4n) is 2.78. The molecule has 1 aromatic heterocycles. The minimum absolute atomic E-state index is 0.581. The van der Waals surface area contributed by atoms with Gasteiger partial charge >= 0.3 is 0 Å². The van der Waals surface area contributed by atoms with Gasteiger partial charge in [0.15, 0.2) is 0 Å². The highest BCUT2D eigenvalue weighted by Gasteiger charge is 2.41. The summed E-state index contributed by atoms with van der Waals surface area (Å²) in [5.41, 5.74) is 0. The molecule has 1 aliphatic heterocycles. The average molecular weight is 277 g/mol. The van der Waals surface area contributed by atoms with E-state index in [9.17, 15) is 0 Å². The number of thioether (sulfide) groups is 1. The zero-order valence-electron chi connectivity index (χ0n) is 11.6. The highest BCUT2D eigenvalue weighted by atomic mass is 32.2. The van der Waals surface area contributed by atoms with Gasteiger partial charge in [0.1, 0.15) is 5.82 Å². The van der Waals surface area contributed by atoms with Gasteiger partial charge in [-0.15, -0.1) is 0 Å². The fourth-order valence-corrected chi connectivity index (χ4v) is 3.51. The van der Waals surface area contributed by atoms with Crippen molar-refractivity contribution in [1.29, 1.82) is 0 Å². The first-order valence-electron chi connectivity index (χ1n) is 7.26. The van der Waals surface area contributed by atoms with E-state index in [1.165, 1.54) is 32.2 Å². The Hall–Kier alpha value is -0.740. The van der Waals surface area contributed by atoms with E-state index in [1.807, 2.05) is 24.0 Å². The standard InChI is InChI=1S/C15H23N3S/c1-19-15(7-8-15)12-17-13-5-10-18(11-6-13)14-4-2-3-9-16-14/h2-4,9,13,17H,5-8,10-12H2,1H3. The van der Waals surface area contributed by atoms with Gasteiger partial charge in [0.2, 0.25) is 0 Å². The molecule has 4 heteroatoms. The van der Waals surface area contributed by atoms with E-state index in [0.29, 0.717) is 10.8 Å². The largest absolute Gasteiger partial charge is 0.357 e. The number of aromatic nitrogens is 1. The molecule has 104 valence electrons. The molecule has 0 spiro atoms. The number of rotatable bonds is 5. The molecule has 0 radical (unpaired) electrons. The van der Waals surface area contributed by atoms with Crippen LogP contribution in [0.25, 0.3) is 0 Å². The second-order valence-electron chi connectivity index (χ2n) is 5.72. The maximum Gasteiger partial charge on any atom is 0.128 e. The maximum atomic E-state index is 4.44. The SMILES string of the molecule is CSC1(CNC2CCN(c3ccccn3)CC2)CC1. The lowest BCUT2D eigenvalue weighted by molar-refractivity contribution is 0.412. The van der Waals surface area contributed by atoms with Crippen molar-refractivity contribution < 1.29 is 0 Å². The van der Waals surface area contributed by atoms with Crippen molar-refractivity contribution >= 4 is 17.6 Å². The Kier molecular flexibility index (Phi) is 3.99. The molecule has 1 N–H and O–H groups in total. The van der Waals surface area contributed by atoms with Crippen molar-refractivity contribution in [2.24, 2.45) is 0 Å². The topological polar surface area (TPSA) is 28.2 Å². The number of piperidine rings is 1. The Morgan fingerprint density at radius 3 is 2.74 bits per heavy atom. The highest BCUT2D eigenvalue weighted by molar-refractivity contribution is 8.00. The van der Waals surface area contributed by atoms with Crippen molar-refractivity contribution in [2.45, 2.75) is 36.5 Å². The Bertz CT molecular complexity index is 397. The fraction of sp³-hybridized carbons (Fsp3) is 0.667. The van der Waals surface area contributed by atoms with Gasteiger partial charge in [-0.3, -0.25) is 0 Å². The van der Waals surface area contributed by atoms with Crippen LogP contribution >= 0.6 is 11.8 Å². The molecule has 0 unspecified atom stereocenters. The van der Waals surface area contributed by atoms with Gasteiger partial charge < -0.3 is 10.2 Å². The predicted octanol–water partition coefficient (Wildman–Crippen LogP) is 2.54. The van der Waals surface area contributed by atoms with E-state index < -0.39 is 0 Å². The molecule has 1 aliphatic carbocycles. The average Bonchev–Trinajstić information content (AvgIpc) is 3.27. The van der Waals surface area contributed by atoms with Crippen molar-refractivity contribution in [3.8, 4) is 0 Å². The van der Waals surface area contributed by atoms with Crippen LogP contribution in [-0.4, -0.2) is 41.7 Å². The van der Waals surface area contributed by atoms with E-state index in [4.69, 9.17) is 0 Å². The molecule has 1 saturated carbocycles. The molecule has 0 aromatic carbocycles. The first-order valence-corrected chi connectivity index (χ1v) is 8.48. The van der Waals surface area contributed by atoms with E-state index in [0.717, 1.165) is 18.9 Å². The molecule has 1 aromatic rings. The van der Waals surface area contributed by atoms with E-state index in [1.54, 1.807) is 0 Å². The summed E-state index contributed by atoms with van der Waals surface area (Å²) in [4.78, 5) is 6.84. The van der Waals surface area contributed by atoms with Crippen LogP contribution in [0.2, 0.25) is 0 Å². The van der Waals surface area contributed by atoms with Gasteiger partial charge in [0.25, 0.3) is 0 Å². The normalized spacial score (nSPS) is 22.5. The number of nitrogens with zero attached hydrogens (tertiary/aromatic N) is 2. The highest BCUT2D eigenvalue weighted by Crippen LogP contribution is 2.46. The lowest BCUT2D eigenvalue weighted by atomic mass is 10.0. The zero-order valence-corrected chi connectivity index (χ0v) is 12.5. The summed E-state index contributed by atoms with van der Waals surface area (Å²) in [7, 11) is 0. The Balaban J connectivity index is 1.45. The summed E-state index contributed by atoms with van der Waals surface area (Å²) < 4.78 is 0.581. The van der Waals surface area contributed by atoms with Crippen LogP contribution in [0.5, 0.6) is 0 Å². The molecule has 3 rings (SSSR count). The first kappa shape index (κ1) is 13.3. The summed E-state index contributed by atoms with van der Waals surface area (Å²) in [6.07, 6.45) is 9.40. The van der Waals surface area contributed by atoms with Crippen molar-refractivity contribution in [2.75, 3.05) is 30.8 Å². The molecule has 2 heterocycles. The van der Waals surface area contributed by atoms with Crippen LogP contribution in [0.15, 0.2) is 24.4 Å². The van der Waals surface area contributed by atoms with Crippen LogP contribution in [0.3, 0.4) is 0 Å². The van der Waals surface area contributed by atoms with E-state index in [2.05, 4.69) is 33.6 Å². The van der Waals surface area contributed by atoms with Gasteiger partial charge in [-0.05, 0) is 44.1 Å². The molecule has 0 amide bonds. The number of pyridine rings is 1. The van der Waals surface area contributed by atoms with Gasteiger partial charge in [-0.2, -0.15) is 11.8 Å². The summed E-state index contributed by atoms with van der Waals surface area (Å²) in [5.74, 6) is 1.13. The maximum absolute atomic E-state index is 4.44. The Morgan fingerprint density at radius 2 is 2.16 bits per heavy atom. The number of hydrogen-bond donors (Lipinski definition) is 1. The second kappa shape index (κ2) is 5.71. The third-order valence-corrected chi connectivity index (χ3v) is 5.84. The van der Waals surface area contributed by atoms with Crippen molar-refractivity contribution in [1.82, 2.24) is 10.3 Å². The molecule has 2 aliphatic rings. The third kappa shape index (κ3) is 3.23. The summed E-state index contributed by atoms with van der Waals surface area (Å²) >= 11 is 2.04. The molecule has 3 nitrogen and oxygen atoms in total. The predicted molar refractivity (Wildman–Crippen MR) is 83.0 cm³/mol. The number of hydrogen-bond acceptors (Lipinski definition) is 4. The van der Waals surface area contributed by atoms with Gasteiger partial charge in [-0.1, -0.05) is 6.07 Å². The number of nitrogens with one attached hydrogen (secondary N) is 1. The van der Waals surface area contributed by atoms with Crippen LogP contribution < -0.4 is 10.2 Å². The summed E-state index contributed by atoms with van der Waals surface area (Å²) in [6, 6.07) is 6.86. The lowest BCUT2D eigenvalue weighted by Gasteiger charge is -2.34. The van der Waals surface area contributed by atoms with E-state index in [-0.39, 0.29) is 0 Å². The number of anilines is 1. The molecular formula is C15H23N3S. The minimum atomic E-state index is 0.581. The monoisotopic (exact) mass is 277 g/mol. The van der Waals surface area contributed by atoms with Crippen LogP contribution in [0.4, 0.5) is 5.82 Å². The van der Waals surface area contributed by atoms with Crippen molar-refractivity contribution in [3.63, 3.8) is 0 Å². The molecule has 2 fully saturated rings. The Morgan fingerprint density at radius 1 is 1.37 bits per heavy atom. The zero-order chi connectivity index (χ0) is 13.1. The molecular weight excluding hydrogens is 254 g/mol. The van der Waals surface area contributed by atoms with Crippen LogP contribution in [0.1, 0.15) is 25.7 Å². The molecule has 0 atom stereocenters. The van der Waals surface area contributed by atoms with Gasteiger partial charge in [0, 0.05) is 36.6 Å². The van der Waals surface area contributed by atoms with Gasteiger partial charge in [-0.25, -0.2) is 4.98 Å². The molecule has 0 bridgehead atoms. The molecule has 1 saturated heterocycles. The molecule has 19 heavy (non-hydrogen) atoms. The van der Waals surface area contributed by atoms with Crippen LogP contribution in [-0.2, 0) is 0 Å².